The SMILES string of the molecule is CC(C)C(=O)c1cc(OCCCC(F)(F)C(F)(F)C(F)(F)C(F)(F)F)c(OCCCC(F)(F)C(F)(F)C(F)(F)C(F)(F)F)cc1[N+](=O)[O-].CC(C)C(=O)c1ccc(OCCCC(F)(F)C(F)(F)C(F)(F)C(F)(F)F)c(OCCCC(F)(F)C(F)(F)C(F)(F)C(F)(F)F)c1. The Morgan fingerprint density at radius 2 is 0.591 bits per heavy atom. The van der Waals surface area contributed by atoms with Crippen molar-refractivity contribution in [1.82, 2.24) is 0 Å². The molecule has 0 aliphatic rings. The molecule has 0 aromatic heterocycles. The molecule has 45 heteroatoms. The number of rotatable bonds is 33. The van der Waals surface area contributed by atoms with E-state index in [-0.39, 0.29) is 5.56 Å². The third-order valence-electron chi connectivity index (χ3n) is 12.2. The number of hydrogen-bond donors (Lipinski definition) is 0. The van der Waals surface area contributed by atoms with E-state index in [1.165, 1.54) is 27.7 Å². The third kappa shape index (κ3) is 18.1. The molecular formula is C48H43F36NO8. The van der Waals surface area contributed by atoms with Gasteiger partial charge in [-0.1, -0.05) is 27.7 Å². The summed E-state index contributed by atoms with van der Waals surface area (Å²) in [5.74, 6) is -87.2. The molecule has 0 aliphatic carbocycles. The Hall–Kier alpha value is -6.14. The third-order valence-corrected chi connectivity index (χ3v) is 12.2. The molecule has 2 aromatic carbocycles. The second kappa shape index (κ2) is 28.7. The van der Waals surface area contributed by atoms with Crippen LogP contribution in [0.4, 0.5) is 164 Å². The lowest BCUT2D eigenvalue weighted by molar-refractivity contribution is -0.396. The summed E-state index contributed by atoms with van der Waals surface area (Å²) in [4.78, 5) is 34.9. The molecule has 0 spiro atoms. The molecule has 0 saturated carbocycles. The Morgan fingerprint density at radius 1 is 0.355 bits per heavy atom. The maximum absolute atomic E-state index is 13.8. The highest BCUT2D eigenvalue weighted by Crippen LogP contribution is 2.58. The van der Waals surface area contributed by atoms with Crippen molar-refractivity contribution >= 4 is 17.3 Å². The topological polar surface area (TPSA) is 114 Å². The van der Waals surface area contributed by atoms with Crippen LogP contribution in [0.2, 0.25) is 0 Å². The largest absolute Gasteiger partial charge is 0.490 e. The zero-order chi connectivity index (χ0) is 73.8. The van der Waals surface area contributed by atoms with Gasteiger partial charge in [0.25, 0.3) is 5.69 Å². The van der Waals surface area contributed by atoms with E-state index in [1.807, 2.05) is 0 Å². The summed E-state index contributed by atoms with van der Waals surface area (Å²) in [6.07, 6.45) is -43.4. The fourth-order valence-electron chi connectivity index (χ4n) is 6.82. The summed E-state index contributed by atoms with van der Waals surface area (Å²) >= 11 is 0. The first kappa shape index (κ1) is 84.9. The molecular weight excluding hydrogens is 1400 g/mol. The second-order valence-electron chi connectivity index (χ2n) is 20.0. The van der Waals surface area contributed by atoms with Crippen LogP contribution in [0.1, 0.15) is 99.8 Å². The zero-order valence-electron chi connectivity index (χ0n) is 46.3. The van der Waals surface area contributed by atoms with Gasteiger partial charge in [0.1, 0.15) is 0 Å². The minimum absolute atomic E-state index is 0.213. The Kier molecular flexibility index (Phi) is 26.2. The summed E-state index contributed by atoms with van der Waals surface area (Å²) in [6, 6.07) is 3.36. The van der Waals surface area contributed by atoms with Crippen LogP contribution in [0.15, 0.2) is 30.3 Å². The summed E-state index contributed by atoms with van der Waals surface area (Å²) in [5.41, 5.74) is -2.19. The van der Waals surface area contributed by atoms with Crippen LogP contribution in [0.25, 0.3) is 0 Å². The van der Waals surface area contributed by atoms with Crippen molar-refractivity contribution in [2.45, 2.75) is 175 Å². The number of Topliss-reactive ketones (excluding diaryl/α,β-unsaturated/α-hetero) is 2. The van der Waals surface area contributed by atoms with Crippen molar-refractivity contribution in [1.29, 1.82) is 0 Å². The van der Waals surface area contributed by atoms with E-state index in [9.17, 15) is 178 Å². The Balaban J connectivity index is 0.000000932. The molecule has 540 valence electrons. The molecule has 0 saturated heterocycles. The maximum Gasteiger partial charge on any atom is 0.460 e. The molecule has 0 amide bonds. The van der Waals surface area contributed by atoms with E-state index in [0.29, 0.717) is 12.1 Å². The summed E-state index contributed by atoms with van der Waals surface area (Å²) in [5, 5.41) is 11.5. The number of halogens is 36. The van der Waals surface area contributed by atoms with Crippen LogP contribution in [-0.4, -0.2) is 139 Å². The second-order valence-corrected chi connectivity index (χ2v) is 20.0. The van der Waals surface area contributed by atoms with Crippen LogP contribution < -0.4 is 18.9 Å². The highest BCUT2D eigenvalue weighted by Gasteiger charge is 2.84. The Bertz CT molecular complexity index is 2840. The predicted molar refractivity (Wildman–Crippen MR) is 240 cm³/mol. The van der Waals surface area contributed by atoms with Gasteiger partial charge >= 0.3 is 95.8 Å². The smallest absolute Gasteiger partial charge is 0.460 e. The molecule has 0 heterocycles. The van der Waals surface area contributed by atoms with Crippen molar-refractivity contribution in [3.05, 3.63) is 51.6 Å². The van der Waals surface area contributed by atoms with E-state index in [1.54, 1.807) is 0 Å². The number of ketones is 2. The van der Waals surface area contributed by atoms with Gasteiger partial charge in [-0.25, -0.2) is 0 Å². The molecule has 0 aliphatic heterocycles. The first-order valence-electron chi connectivity index (χ1n) is 25.0. The first-order chi connectivity index (χ1) is 41.1. The lowest BCUT2D eigenvalue weighted by Gasteiger charge is -2.33. The van der Waals surface area contributed by atoms with Crippen LogP contribution in [-0.2, 0) is 0 Å². The van der Waals surface area contributed by atoms with Gasteiger partial charge in [0, 0.05) is 49.1 Å². The first-order valence-corrected chi connectivity index (χ1v) is 25.0. The van der Waals surface area contributed by atoms with Gasteiger partial charge < -0.3 is 18.9 Å². The van der Waals surface area contributed by atoms with E-state index >= 15 is 0 Å². The summed E-state index contributed by atoms with van der Waals surface area (Å²) < 4.78 is 488. The Labute approximate surface area is 496 Å². The number of nitro groups is 1. The molecule has 2 rings (SSSR count). The summed E-state index contributed by atoms with van der Waals surface area (Å²) in [6.45, 7) is 0.218. The maximum atomic E-state index is 13.8. The van der Waals surface area contributed by atoms with Gasteiger partial charge in [0.15, 0.2) is 34.6 Å². The van der Waals surface area contributed by atoms with Crippen LogP contribution in [0.5, 0.6) is 23.0 Å². The number of ether oxygens (including phenoxy) is 4. The molecule has 0 bridgehead atoms. The minimum atomic E-state index is -7.21. The minimum Gasteiger partial charge on any atom is -0.490 e. The fraction of sp³-hybridized carbons (Fsp3) is 0.708. The van der Waals surface area contributed by atoms with E-state index in [4.69, 9.17) is 18.9 Å². The van der Waals surface area contributed by atoms with Gasteiger partial charge in [0.05, 0.1) is 43.0 Å². The van der Waals surface area contributed by atoms with Crippen LogP contribution in [0, 0.1) is 22.0 Å². The van der Waals surface area contributed by atoms with Crippen LogP contribution >= 0.6 is 0 Å². The highest BCUT2D eigenvalue weighted by molar-refractivity contribution is 6.01. The number of nitro benzene ring substituents is 1. The highest BCUT2D eigenvalue weighted by atomic mass is 19.5. The zero-order valence-corrected chi connectivity index (χ0v) is 46.3. The van der Waals surface area contributed by atoms with Crippen molar-refractivity contribution in [2.24, 2.45) is 11.8 Å². The predicted octanol–water partition coefficient (Wildman–Crippen LogP) is 19.5. The fourth-order valence-corrected chi connectivity index (χ4v) is 6.82. The average Bonchev–Trinajstić information content (AvgIpc) is 0.768. The molecule has 0 unspecified atom stereocenters. The molecule has 0 radical (unpaired) electrons. The molecule has 93 heavy (non-hydrogen) atoms. The van der Waals surface area contributed by atoms with Crippen LogP contribution in [0.3, 0.4) is 0 Å². The van der Waals surface area contributed by atoms with Gasteiger partial charge in [-0.2, -0.15) is 158 Å². The lowest BCUT2D eigenvalue weighted by Crippen LogP contribution is -2.60. The quantitative estimate of drug-likeness (QED) is 0.0228. The average molecular weight is 1450 g/mol. The van der Waals surface area contributed by atoms with Gasteiger partial charge in [-0.15, -0.1) is 0 Å². The van der Waals surface area contributed by atoms with Crippen molar-refractivity contribution < 1.29 is 192 Å². The van der Waals surface area contributed by atoms with Crippen molar-refractivity contribution in [3.63, 3.8) is 0 Å². The molecule has 0 N–H and O–H groups in total. The normalized spacial score (nSPS) is 14.5. The molecule has 2 aromatic rings. The van der Waals surface area contributed by atoms with Crippen molar-refractivity contribution in [3.8, 4) is 23.0 Å². The number of carbonyl (C=O) groups is 2. The Morgan fingerprint density at radius 3 is 0.828 bits per heavy atom. The molecule has 0 atom stereocenters. The number of hydrogen-bond acceptors (Lipinski definition) is 8. The number of nitrogens with zero attached hydrogens (tertiary/aromatic N) is 1. The summed E-state index contributed by atoms with van der Waals surface area (Å²) in [7, 11) is 0. The molecule has 0 fully saturated rings. The molecule has 9 nitrogen and oxygen atoms in total. The van der Waals surface area contributed by atoms with E-state index < -0.39 is 236 Å². The monoisotopic (exact) mass is 1450 g/mol. The van der Waals surface area contributed by atoms with E-state index in [0.717, 1.165) is 18.2 Å². The number of benzene rings is 2. The van der Waals surface area contributed by atoms with Crippen molar-refractivity contribution in [2.75, 3.05) is 26.4 Å². The van der Waals surface area contributed by atoms with Gasteiger partial charge in [-0.3, -0.25) is 19.7 Å². The van der Waals surface area contributed by atoms with Gasteiger partial charge in [-0.05, 0) is 43.9 Å². The van der Waals surface area contributed by atoms with Gasteiger partial charge in [0.2, 0.25) is 0 Å². The number of carbonyl (C=O) groups excluding carboxylic acids is 2. The van der Waals surface area contributed by atoms with E-state index in [2.05, 4.69) is 0 Å². The standard InChI is InChI=1S/C24H21F18NO5.C24H22F18O3/c1-11(2)16(44)12-9-14(47-7-3-5-17(25,26)19(29,30)21(33,34)23(37,38)39)15(10-13(12)43(45)46)48-8-4-6-18(27,28)20(31,32)22(35,36)24(40,41)42;1-12(2)16(43)13-5-6-14(44-9-3-7-17(25,26)19(29,30)21(33,34)23(37,38)39)15(11-13)45-10-4-8-18(27,28)20(31,32)22(35,36)24(40,41)42/h9-11H,3-8H2,1-2H3;5-6,11-12H,3-4,7-10H2,1-2H3. The lowest BCUT2D eigenvalue weighted by atomic mass is 9.98. The number of alkyl halides is 36.